The van der Waals surface area contributed by atoms with E-state index in [9.17, 15) is 0 Å². The molecule has 2 aromatic rings. The van der Waals surface area contributed by atoms with Crippen LogP contribution in [-0.2, 0) is 32.9 Å². The molecule has 5 heteroatoms. The Labute approximate surface area is 150 Å². The molecule has 1 aliphatic heterocycles. The predicted molar refractivity (Wildman–Crippen MR) is 104 cm³/mol. The third kappa shape index (κ3) is 3.41. The van der Waals surface area contributed by atoms with Gasteiger partial charge in [-0.15, -0.1) is 0 Å². The number of aromatic nitrogens is 2. The lowest BCUT2D eigenvalue weighted by atomic mass is 10.1. The molecular formula is C20H29N5. The SMILES string of the molecule is CCNC(=NCc1c(CC)nn(C)c1CC)N1CCc2ccccc21. The molecule has 0 saturated heterocycles. The molecule has 1 N–H and O–H groups in total. The number of rotatable bonds is 5. The number of nitrogens with one attached hydrogen (secondary N) is 1. The topological polar surface area (TPSA) is 45.5 Å². The monoisotopic (exact) mass is 339 g/mol. The number of hydrogen-bond donors (Lipinski definition) is 1. The number of anilines is 1. The summed E-state index contributed by atoms with van der Waals surface area (Å²) in [6, 6.07) is 8.62. The van der Waals surface area contributed by atoms with E-state index in [1.807, 2.05) is 11.7 Å². The second-order valence-electron chi connectivity index (χ2n) is 6.40. The Morgan fingerprint density at radius 2 is 2.00 bits per heavy atom. The van der Waals surface area contributed by atoms with Crippen molar-refractivity contribution in [2.75, 3.05) is 18.0 Å². The molecule has 0 unspecified atom stereocenters. The van der Waals surface area contributed by atoms with Crippen LogP contribution in [0.5, 0.6) is 0 Å². The Morgan fingerprint density at radius 1 is 1.20 bits per heavy atom. The van der Waals surface area contributed by atoms with Crippen molar-refractivity contribution >= 4 is 11.6 Å². The summed E-state index contributed by atoms with van der Waals surface area (Å²) < 4.78 is 2.02. The van der Waals surface area contributed by atoms with Crippen LogP contribution in [0.4, 0.5) is 5.69 Å². The van der Waals surface area contributed by atoms with Crippen molar-refractivity contribution in [3.8, 4) is 0 Å². The van der Waals surface area contributed by atoms with Gasteiger partial charge in [0, 0.05) is 37.1 Å². The molecular weight excluding hydrogens is 310 g/mol. The standard InChI is InChI=1S/C20H29N5/c1-5-17-16(18(6-2)24(4)23-17)14-22-20(21-7-3)25-13-12-15-10-8-9-11-19(15)25/h8-11H,5-7,12-14H2,1-4H3,(H,21,22). The molecule has 0 bridgehead atoms. The highest BCUT2D eigenvalue weighted by Crippen LogP contribution is 2.27. The molecule has 1 aromatic carbocycles. The average Bonchev–Trinajstić information content (AvgIpc) is 3.19. The van der Waals surface area contributed by atoms with Crippen LogP contribution in [0.25, 0.3) is 0 Å². The zero-order chi connectivity index (χ0) is 17.8. The number of nitrogens with zero attached hydrogens (tertiary/aromatic N) is 4. The van der Waals surface area contributed by atoms with Gasteiger partial charge in [-0.1, -0.05) is 32.0 Å². The lowest BCUT2D eigenvalue weighted by molar-refractivity contribution is 0.703. The Kier molecular flexibility index (Phi) is 5.41. The lowest BCUT2D eigenvalue weighted by Crippen LogP contribution is -2.40. The highest BCUT2D eigenvalue weighted by molar-refractivity contribution is 5.97. The Balaban J connectivity index is 1.90. The van der Waals surface area contributed by atoms with Crippen molar-refractivity contribution in [3.05, 3.63) is 46.8 Å². The average molecular weight is 339 g/mol. The number of para-hydroxylation sites is 1. The quantitative estimate of drug-likeness (QED) is 0.673. The normalized spacial score (nSPS) is 14.1. The van der Waals surface area contributed by atoms with Crippen molar-refractivity contribution in [1.29, 1.82) is 0 Å². The fraction of sp³-hybridized carbons (Fsp3) is 0.500. The number of benzene rings is 1. The molecule has 1 aromatic heterocycles. The van der Waals surface area contributed by atoms with E-state index in [1.165, 1.54) is 28.2 Å². The van der Waals surface area contributed by atoms with Crippen LogP contribution in [0.2, 0.25) is 0 Å². The molecule has 0 aliphatic carbocycles. The van der Waals surface area contributed by atoms with Gasteiger partial charge in [0.05, 0.1) is 12.2 Å². The summed E-state index contributed by atoms with van der Waals surface area (Å²) in [5, 5.41) is 8.14. The number of fused-ring (bicyclic) bond motifs is 1. The molecule has 1 aliphatic rings. The first-order valence-electron chi connectivity index (χ1n) is 9.36. The van der Waals surface area contributed by atoms with Crippen molar-refractivity contribution in [1.82, 2.24) is 15.1 Å². The molecule has 25 heavy (non-hydrogen) atoms. The first-order valence-corrected chi connectivity index (χ1v) is 9.36. The fourth-order valence-electron chi connectivity index (χ4n) is 3.68. The first kappa shape index (κ1) is 17.5. The van der Waals surface area contributed by atoms with E-state index in [-0.39, 0.29) is 0 Å². The van der Waals surface area contributed by atoms with Gasteiger partial charge in [-0.2, -0.15) is 5.10 Å². The van der Waals surface area contributed by atoms with E-state index >= 15 is 0 Å². The van der Waals surface area contributed by atoms with Crippen LogP contribution in [0.15, 0.2) is 29.3 Å². The van der Waals surface area contributed by atoms with E-state index in [2.05, 4.69) is 60.4 Å². The summed E-state index contributed by atoms with van der Waals surface area (Å²) in [4.78, 5) is 7.29. The van der Waals surface area contributed by atoms with Crippen LogP contribution in [-0.4, -0.2) is 28.8 Å². The summed E-state index contributed by atoms with van der Waals surface area (Å²) >= 11 is 0. The number of aliphatic imine (C=N–C) groups is 1. The largest absolute Gasteiger partial charge is 0.356 e. The van der Waals surface area contributed by atoms with Crippen molar-refractivity contribution in [2.24, 2.45) is 12.0 Å². The minimum Gasteiger partial charge on any atom is -0.356 e. The molecule has 0 fully saturated rings. The van der Waals surface area contributed by atoms with Crippen LogP contribution in [0.1, 0.15) is 43.3 Å². The smallest absolute Gasteiger partial charge is 0.198 e. The van der Waals surface area contributed by atoms with Gasteiger partial charge < -0.3 is 10.2 Å². The molecule has 5 nitrogen and oxygen atoms in total. The van der Waals surface area contributed by atoms with Gasteiger partial charge in [-0.05, 0) is 37.8 Å². The summed E-state index contributed by atoms with van der Waals surface area (Å²) in [6.07, 6.45) is 3.01. The maximum absolute atomic E-state index is 4.97. The first-order chi connectivity index (χ1) is 12.2. The van der Waals surface area contributed by atoms with E-state index in [0.29, 0.717) is 6.54 Å². The van der Waals surface area contributed by atoms with Gasteiger partial charge in [0.2, 0.25) is 0 Å². The van der Waals surface area contributed by atoms with E-state index in [1.54, 1.807) is 0 Å². The van der Waals surface area contributed by atoms with Gasteiger partial charge >= 0.3 is 0 Å². The zero-order valence-corrected chi connectivity index (χ0v) is 15.8. The van der Waals surface area contributed by atoms with E-state index in [4.69, 9.17) is 4.99 Å². The van der Waals surface area contributed by atoms with Crippen molar-refractivity contribution in [2.45, 2.75) is 46.6 Å². The zero-order valence-electron chi connectivity index (χ0n) is 15.8. The van der Waals surface area contributed by atoms with E-state index < -0.39 is 0 Å². The summed E-state index contributed by atoms with van der Waals surface area (Å²) in [6.45, 7) is 9.01. The second-order valence-corrected chi connectivity index (χ2v) is 6.40. The number of guanidine groups is 1. The van der Waals surface area contributed by atoms with Gasteiger partial charge in [0.15, 0.2) is 5.96 Å². The highest BCUT2D eigenvalue weighted by atomic mass is 15.3. The van der Waals surface area contributed by atoms with Gasteiger partial charge in [0.1, 0.15) is 0 Å². The minimum atomic E-state index is 0.682. The van der Waals surface area contributed by atoms with E-state index in [0.717, 1.165) is 38.3 Å². The van der Waals surface area contributed by atoms with Crippen LogP contribution in [0, 0.1) is 0 Å². The Morgan fingerprint density at radius 3 is 2.72 bits per heavy atom. The molecule has 3 rings (SSSR count). The number of aryl methyl sites for hydroxylation is 2. The molecule has 0 amide bonds. The third-order valence-electron chi connectivity index (χ3n) is 4.89. The maximum atomic E-state index is 4.97. The fourth-order valence-corrected chi connectivity index (χ4v) is 3.68. The highest BCUT2D eigenvalue weighted by Gasteiger charge is 2.22. The van der Waals surface area contributed by atoms with Gasteiger partial charge in [-0.25, -0.2) is 4.99 Å². The number of hydrogen-bond acceptors (Lipinski definition) is 2. The summed E-state index contributed by atoms with van der Waals surface area (Å²) in [7, 11) is 2.03. The van der Waals surface area contributed by atoms with Crippen LogP contribution in [0.3, 0.4) is 0 Å². The predicted octanol–water partition coefficient (Wildman–Crippen LogP) is 3.07. The molecule has 0 saturated carbocycles. The maximum Gasteiger partial charge on any atom is 0.198 e. The van der Waals surface area contributed by atoms with Crippen LogP contribution >= 0.6 is 0 Å². The minimum absolute atomic E-state index is 0.682. The van der Waals surface area contributed by atoms with Crippen molar-refractivity contribution < 1.29 is 0 Å². The second kappa shape index (κ2) is 7.72. The third-order valence-corrected chi connectivity index (χ3v) is 4.89. The van der Waals surface area contributed by atoms with Gasteiger partial charge in [-0.3, -0.25) is 4.68 Å². The summed E-state index contributed by atoms with van der Waals surface area (Å²) in [5.41, 5.74) is 6.42. The molecule has 0 spiro atoms. The molecule has 2 heterocycles. The lowest BCUT2D eigenvalue weighted by Gasteiger charge is -2.22. The Hall–Kier alpha value is -2.30. The van der Waals surface area contributed by atoms with Crippen LogP contribution < -0.4 is 10.2 Å². The van der Waals surface area contributed by atoms with Crippen molar-refractivity contribution in [3.63, 3.8) is 0 Å². The molecule has 0 atom stereocenters. The summed E-state index contributed by atoms with van der Waals surface area (Å²) in [5.74, 6) is 0.973. The van der Waals surface area contributed by atoms with Gasteiger partial charge in [0.25, 0.3) is 0 Å². The molecule has 0 radical (unpaired) electrons. The molecule has 134 valence electrons. The Bertz CT molecular complexity index is 759.